The third kappa shape index (κ3) is 4.53. The molecule has 4 rings (SSSR count). The molecular weight excluding hydrogens is 420 g/mol. The number of ether oxygens (including phenoxy) is 1. The molecule has 31 heavy (non-hydrogen) atoms. The number of fused-ring (bicyclic) bond motifs is 1. The van der Waals surface area contributed by atoms with Crippen LogP contribution in [0, 0.1) is 0 Å². The number of hydrogen-bond donors (Lipinski definition) is 0. The maximum absolute atomic E-state index is 13.0. The van der Waals surface area contributed by atoms with E-state index < -0.39 is 16.1 Å². The maximum Gasteiger partial charge on any atom is 0.263 e. The van der Waals surface area contributed by atoms with Gasteiger partial charge in [-0.1, -0.05) is 47.6 Å². The number of benzene rings is 2. The van der Waals surface area contributed by atoms with Crippen LogP contribution in [-0.4, -0.2) is 55.3 Å². The van der Waals surface area contributed by atoms with Crippen LogP contribution in [0.4, 0.5) is 5.69 Å². The molecule has 2 aromatic carbocycles. The van der Waals surface area contributed by atoms with Crippen molar-refractivity contribution in [3.8, 4) is 17.1 Å². The molecule has 0 saturated heterocycles. The minimum atomic E-state index is -3.51. The Morgan fingerprint density at radius 3 is 2.61 bits per heavy atom. The summed E-state index contributed by atoms with van der Waals surface area (Å²) in [4.78, 5) is 18.8. The van der Waals surface area contributed by atoms with E-state index in [9.17, 15) is 13.2 Å². The Hall–Kier alpha value is -3.40. The summed E-state index contributed by atoms with van der Waals surface area (Å²) in [5, 5.41) is 3.96. The first kappa shape index (κ1) is 20.9. The van der Waals surface area contributed by atoms with Gasteiger partial charge in [-0.25, -0.2) is 8.42 Å². The summed E-state index contributed by atoms with van der Waals surface area (Å²) in [6, 6.07) is 16.2. The van der Waals surface area contributed by atoms with Gasteiger partial charge in [-0.2, -0.15) is 4.98 Å². The summed E-state index contributed by atoms with van der Waals surface area (Å²) < 4.78 is 36.9. The molecule has 1 aromatic heterocycles. The van der Waals surface area contributed by atoms with E-state index in [1.54, 1.807) is 31.3 Å². The summed E-state index contributed by atoms with van der Waals surface area (Å²) >= 11 is 0. The van der Waals surface area contributed by atoms with Crippen molar-refractivity contribution in [3.63, 3.8) is 0 Å². The van der Waals surface area contributed by atoms with Crippen LogP contribution in [-0.2, 0) is 21.4 Å². The van der Waals surface area contributed by atoms with Gasteiger partial charge in [0, 0.05) is 25.6 Å². The number of anilines is 1. The lowest BCUT2D eigenvalue weighted by Crippen LogP contribution is -2.40. The van der Waals surface area contributed by atoms with Gasteiger partial charge in [0.05, 0.1) is 18.5 Å². The van der Waals surface area contributed by atoms with E-state index in [0.29, 0.717) is 23.2 Å². The van der Waals surface area contributed by atoms with Gasteiger partial charge < -0.3 is 14.2 Å². The van der Waals surface area contributed by atoms with Crippen molar-refractivity contribution in [1.29, 1.82) is 0 Å². The second kappa shape index (κ2) is 8.38. The molecule has 10 heteroatoms. The Labute approximate surface area is 180 Å². The number of para-hydroxylation sites is 2. The summed E-state index contributed by atoms with van der Waals surface area (Å²) in [6.45, 7) is 0.245. The van der Waals surface area contributed by atoms with E-state index in [4.69, 9.17) is 9.26 Å². The monoisotopic (exact) mass is 442 g/mol. The Morgan fingerprint density at radius 1 is 1.16 bits per heavy atom. The zero-order valence-electron chi connectivity index (χ0n) is 17.1. The third-order valence-corrected chi connectivity index (χ3v) is 6.10. The molecule has 0 aliphatic carbocycles. The quantitative estimate of drug-likeness (QED) is 0.597. The third-order valence-electron chi connectivity index (χ3n) is 4.92. The normalized spacial score (nSPS) is 16.2. The number of aromatic nitrogens is 2. The van der Waals surface area contributed by atoms with Crippen molar-refractivity contribution in [2.75, 3.05) is 24.2 Å². The van der Waals surface area contributed by atoms with Crippen LogP contribution in [0.3, 0.4) is 0 Å². The number of carbonyl (C=O) groups is 1. The molecule has 0 N–H and O–H groups in total. The van der Waals surface area contributed by atoms with Crippen molar-refractivity contribution in [2.24, 2.45) is 0 Å². The van der Waals surface area contributed by atoms with Crippen LogP contribution in [0.2, 0.25) is 0 Å². The fourth-order valence-corrected chi connectivity index (χ4v) is 4.34. The Morgan fingerprint density at radius 2 is 1.87 bits per heavy atom. The second-order valence-corrected chi connectivity index (χ2v) is 9.18. The zero-order valence-corrected chi connectivity index (χ0v) is 17.9. The zero-order chi connectivity index (χ0) is 22.0. The van der Waals surface area contributed by atoms with Crippen LogP contribution < -0.4 is 9.04 Å². The molecule has 0 bridgehead atoms. The predicted octanol–water partition coefficient (Wildman–Crippen LogP) is 2.31. The SMILES string of the molecule is CN(Cc1nc(-c2ccccc2)no1)C(=O)[C@H]1CCN(S(C)(=O)=O)c2ccccc2O1. The first-order valence-electron chi connectivity index (χ1n) is 9.69. The van der Waals surface area contributed by atoms with Gasteiger partial charge in [0.25, 0.3) is 5.91 Å². The van der Waals surface area contributed by atoms with Crippen molar-refractivity contribution in [2.45, 2.75) is 19.1 Å². The van der Waals surface area contributed by atoms with Gasteiger partial charge in [-0.15, -0.1) is 0 Å². The van der Waals surface area contributed by atoms with Crippen LogP contribution in [0.15, 0.2) is 59.1 Å². The number of sulfonamides is 1. The molecular formula is C21H22N4O5S. The van der Waals surface area contributed by atoms with Crippen LogP contribution in [0.25, 0.3) is 11.4 Å². The first-order valence-corrected chi connectivity index (χ1v) is 11.5. The molecule has 1 atom stereocenters. The lowest BCUT2D eigenvalue weighted by Gasteiger charge is -2.22. The van der Waals surface area contributed by atoms with Crippen molar-refractivity contribution >= 4 is 21.6 Å². The Kier molecular flexibility index (Phi) is 5.64. The lowest BCUT2D eigenvalue weighted by molar-refractivity contribution is -0.138. The van der Waals surface area contributed by atoms with Crippen molar-refractivity contribution in [3.05, 3.63) is 60.5 Å². The van der Waals surface area contributed by atoms with Crippen molar-refractivity contribution < 1.29 is 22.5 Å². The van der Waals surface area contributed by atoms with Gasteiger partial charge >= 0.3 is 0 Å². The minimum Gasteiger partial charge on any atom is -0.478 e. The minimum absolute atomic E-state index is 0.107. The number of nitrogens with zero attached hydrogens (tertiary/aromatic N) is 4. The number of likely N-dealkylation sites (N-methyl/N-ethyl adjacent to an activating group) is 1. The molecule has 0 spiro atoms. The van der Waals surface area contributed by atoms with Gasteiger partial charge in [0.1, 0.15) is 5.75 Å². The fraction of sp³-hybridized carbons (Fsp3) is 0.286. The smallest absolute Gasteiger partial charge is 0.263 e. The number of amides is 1. The number of carbonyl (C=O) groups excluding carboxylic acids is 1. The Balaban J connectivity index is 1.49. The van der Waals surface area contributed by atoms with E-state index in [0.717, 1.165) is 11.8 Å². The lowest BCUT2D eigenvalue weighted by atomic mass is 10.2. The van der Waals surface area contributed by atoms with Gasteiger partial charge in [-0.05, 0) is 12.1 Å². The van der Waals surface area contributed by atoms with E-state index in [1.807, 2.05) is 30.3 Å². The van der Waals surface area contributed by atoms with E-state index in [1.165, 1.54) is 9.21 Å². The molecule has 0 saturated carbocycles. The highest BCUT2D eigenvalue weighted by Crippen LogP contribution is 2.34. The topological polar surface area (TPSA) is 106 Å². The van der Waals surface area contributed by atoms with E-state index in [2.05, 4.69) is 10.1 Å². The number of rotatable bonds is 5. The number of hydrogen-bond acceptors (Lipinski definition) is 7. The highest BCUT2D eigenvalue weighted by molar-refractivity contribution is 7.92. The molecule has 1 aliphatic rings. The molecule has 0 unspecified atom stereocenters. The largest absolute Gasteiger partial charge is 0.478 e. The highest BCUT2D eigenvalue weighted by atomic mass is 32.2. The standard InChI is InChI=1S/C21H22N4O5S/c1-24(14-19-22-20(23-30-19)15-8-4-3-5-9-15)21(26)18-12-13-25(31(2,27)28)16-10-6-7-11-17(16)29-18/h3-11,18H,12-14H2,1-2H3/t18-/m1/s1. The van der Waals surface area contributed by atoms with Gasteiger partial charge in [-0.3, -0.25) is 9.10 Å². The van der Waals surface area contributed by atoms with E-state index >= 15 is 0 Å². The molecule has 2 heterocycles. The van der Waals surface area contributed by atoms with E-state index in [-0.39, 0.29) is 25.4 Å². The molecule has 9 nitrogen and oxygen atoms in total. The molecule has 1 amide bonds. The van der Waals surface area contributed by atoms with Crippen LogP contribution in [0.5, 0.6) is 5.75 Å². The van der Waals surface area contributed by atoms with Gasteiger partial charge in [0.2, 0.25) is 21.7 Å². The summed E-state index contributed by atoms with van der Waals surface area (Å²) in [6.07, 6.45) is 0.511. The van der Waals surface area contributed by atoms with Crippen LogP contribution >= 0.6 is 0 Å². The summed E-state index contributed by atoms with van der Waals surface area (Å²) in [7, 11) is -1.89. The first-order chi connectivity index (χ1) is 14.8. The highest BCUT2D eigenvalue weighted by Gasteiger charge is 2.32. The fourth-order valence-electron chi connectivity index (χ4n) is 3.40. The predicted molar refractivity (Wildman–Crippen MR) is 114 cm³/mol. The molecule has 0 fully saturated rings. The molecule has 1 aliphatic heterocycles. The average molecular weight is 442 g/mol. The molecule has 162 valence electrons. The van der Waals surface area contributed by atoms with Crippen LogP contribution in [0.1, 0.15) is 12.3 Å². The molecule has 0 radical (unpaired) electrons. The second-order valence-electron chi connectivity index (χ2n) is 7.27. The average Bonchev–Trinajstić information content (AvgIpc) is 3.11. The van der Waals surface area contributed by atoms with Gasteiger partial charge in [0.15, 0.2) is 6.10 Å². The molecule has 3 aromatic rings. The maximum atomic E-state index is 13.0. The van der Waals surface area contributed by atoms with Crippen molar-refractivity contribution in [1.82, 2.24) is 15.0 Å². The summed E-state index contributed by atoms with van der Waals surface area (Å²) in [5.41, 5.74) is 1.24. The Bertz CT molecular complexity index is 1180. The summed E-state index contributed by atoms with van der Waals surface area (Å²) in [5.74, 6) is 0.785.